The zero-order valence-corrected chi connectivity index (χ0v) is 14.8. The van der Waals surface area contributed by atoms with Gasteiger partial charge < -0.3 is 14.8 Å². The first-order chi connectivity index (χ1) is 12.8. The summed E-state index contributed by atoms with van der Waals surface area (Å²) in [5.74, 6) is -0.416. The standard InChI is InChI=1S/C18H16ClF3N2O3/c19-15-8-11(10-23-17(15)27-14-4-6-26-7-5-14)16(25)24-13-3-1-2-12(9-13)18(20,21)22/h1-3,8-10,14H,4-7H2,(H,24,25). The van der Waals surface area contributed by atoms with Gasteiger partial charge in [0.1, 0.15) is 11.1 Å². The van der Waals surface area contributed by atoms with Crippen LogP contribution in [-0.2, 0) is 10.9 Å². The fraction of sp³-hybridized carbons (Fsp3) is 0.333. The summed E-state index contributed by atoms with van der Waals surface area (Å²) in [4.78, 5) is 16.3. The van der Waals surface area contributed by atoms with Crippen molar-refractivity contribution in [1.82, 2.24) is 4.98 Å². The van der Waals surface area contributed by atoms with Gasteiger partial charge in [-0.3, -0.25) is 4.79 Å². The van der Waals surface area contributed by atoms with Crippen LogP contribution in [0.3, 0.4) is 0 Å². The van der Waals surface area contributed by atoms with Crippen molar-refractivity contribution >= 4 is 23.2 Å². The van der Waals surface area contributed by atoms with Crippen LogP contribution < -0.4 is 10.1 Å². The van der Waals surface area contributed by atoms with Crippen LogP contribution in [0.25, 0.3) is 0 Å². The molecule has 1 N–H and O–H groups in total. The van der Waals surface area contributed by atoms with E-state index in [1.54, 1.807) is 0 Å². The van der Waals surface area contributed by atoms with Crippen LogP contribution in [0.2, 0.25) is 5.02 Å². The molecule has 0 saturated carbocycles. The molecule has 1 aromatic carbocycles. The highest BCUT2D eigenvalue weighted by Gasteiger charge is 2.30. The highest BCUT2D eigenvalue weighted by atomic mass is 35.5. The lowest BCUT2D eigenvalue weighted by Gasteiger charge is -2.23. The van der Waals surface area contributed by atoms with Crippen molar-refractivity contribution in [3.05, 3.63) is 52.7 Å². The van der Waals surface area contributed by atoms with Gasteiger partial charge >= 0.3 is 6.18 Å². The molecular formula is C18H16ClF3N2O3. The third-order valence-electron chi connectivity index (χ3n) is 3.96. The number of nitrogens with one attached hydrogen (secondary N) is 1. The highest BCUT2D eigenvalue weighted by Crippen LogP contribution is 2.31. The van der Waals surface area contributed by atoms with Crippen molar-refractivity contribution in [2.75, 3.05) is 18.5 Å². The zero-order valence-electron chi connectivity index (χ0n) is 14.1. The van der Waals surface area contributed by atoms with E-state index in [0.29, 0.717) is 13.2 Å². The number of aromatic nitrogens is 1. The Hall–Kier alpha value is -2.32. The fourth-order valence-corrected chi connectivity index (χ4v) is 2.78. The Morgan fingerprint density at radius 3 is 2.67 bits per heavy atom. The molecule has 1 aliphatic rings. The van der Waals surface area contributed by atoms with Gasteiger partial charge in [0, 0.05) is 24.7 Å². The summed E-state index contributed by atoms with van der Waals surface area (Å²) < 4.78 is 49.2. The number of ether oxygens (including phenoxy) is 2. The van der Waals surface area contributed by atoms with Crippen LogP contribution >= 0.6 is 11.6 Å². The number of rotatable bonds is 4. The Morgan fingerprint density at radius 2 is 2.00 bits per heavy atom. The predicted molar refractivity (Wildman–Crippen MR) is 93.1 cm³/mol. The molecule has 1 aliphatic heterocycles. The number of nitrogens with zero attached hydrogens (tertiary/aromatic N) is 1. The Balaban J connectivity index is 1.69. The fourth-order valence-electron chi connectivity index (χ4n) is 2.56. The molecule has 1 amide bonds. The quantitative estimate of drug-likeness (QED) is 0.817. The lowest BCUT2D eigenvalue weighted by atomic mass is 10.1. The van der Waals surface area contributed by atoms with Crippen molar-refractivity contribution in [2.24, 2.45) is 0 Å². The Morgan fingerprint density at radius 1 is 1.26 bits per heavy atom. The largest absolute Gasteiger partial charge is 0.473 e. The number of hydrogen-bond acceptors (Lipinski definition) is 4. The first kappa shape index (κ1) is 19.4. The number of hydrogen-bond donors (Lipinski definition) is 1. The predicted octanol–water partition coefficient (Wildman–Crippen LogP) is 4.56. The Bertz CT molecular complexity index is 824. The minimum Gasteiger partial charge on any atom is -0.473 e. The van der Waals surface area contributed by atoms with Crippen LogP contribution in [0.1, 0.15) is 28.8 Å². The Labute approximate surface area is 158 Å². The molecule has 144 valence electrons. The van der Waals surface area contributed by atoms with E-state index in [0.717, 1.165) is 25.0 Å². The molecule has 3 rings (SSSR count). The second-order valence-corrected chi connectivity index (χ2v) is 6.38. The molecule has 0 unspecified atom stereocenters. The smallest absolute Gasteiger partial charge is 0.416 e. The molecule has 1 saturated heterocycles. The molecule has 0 radical (unpaired) electrons. The highest BCUT2D eigenvalue weighted by molar-refractivity contribution is 6.32. The van der Waals surface area contributed by atoms with Crippen molar-refractivity contribution in [3.8, 4) is 5.88 Å². The van der Waals surface area contributed by atoms with Gasteiger partial charge in [0.25, 0.3) is 5.91 Å². The third-order valence-corrected chi connectivity index (χ3v) is 4.23. The molecule has 1 fully saturated rings. The van der Waals surface area contributed by atoms with E-state index >= 15 is 0 Å². The van der Waals surface area contributed by atoms with Gasteiger partial charge in [0.2, 0.25) is 5.88 Å². The number of amides is 1. The number of benzene rings is 1. The Kier molecular flexibility index (Phi) is 5.86. The molecule has 0 bridgehead atoms. The molecule has 5 nitrogen and oxygen atoms in total. The van der Waals surface area contributed by atoms with Gasteiger partial charge in [-0.2, -0.15) is 13.2 Å². The van der Waals surface area contributed by atoms with Crippen molar-refractivity contribution < 1.29 is 27.4 Å². The first-order valence-corrected chi connectivity index (χ1v) is 8.59. The van der Waals surface area contributed by atoms with Crippen LogP contribution in [0.5, 0.6) is 5.88 Å². The van der Waals surface area contributed by atoms with Gasteiger partial charge in [0.05, 0.1) is 24.3 Å². The van der Waals surface area contributed by atoms with Crippen molar-refractivity contribution in [1.29, 1.82) is 0 Å². The number of carbonyl (C=O) groups excluding carboxylic acids is 1. The number of pyridine rings is 1. The summed E-state index contributed by atoms with van der Waals surface area (Å²) in [7, 11) is 0. The van der Waals surface area contributed by atoms with Crippen LogP contribution in [0.15, 0.2) is 36.5 Å². The molecule has 27 heavy (non-hydrogen) atoms. The van der Waals surface area contributed by atoms with Crippen LogP contribution in [-0.4, -0.2) is 30.2 Å². The molecule has 0 aliphatic carbocycles. The molecule has 0 spiro atoms. The van der Waals surface area contributed by atoms with E-state index in [2.05, 4.69) is 10.3 Å². The molecular weight excluding hydrogens is 385 g/mol. The molecule has 1 aromatic heterocycles. The van der Waals surface area contributed by atoms with Crippen molar-refractivity contribution in [2.45, 2.75) is 25.1 Å². The SMILES string of the molecule is O=C(Nc1cccc(C(F)(F)F)c1)c1cnc(OC2CCOCC2)c(Cl)c1. The summed E-state index contributed by atoms with van der Waals surface area (Å²) in [6.45, 7) is 1.19. The van der Waals surface area contributed by atoms with Gasteiger partial charge in [-0.1, -0.05) is 17.7 Å². The third kappa shape index (κ3) is 5.11. The number of carbonyl (C=O) groups is 1. The number of alkyl halides is 3. The lowest BCUT2D eigenvalue weighted by molar-refractivity contribution is -0.137. The lowest BCUT2D eigenvalue weighted by Crippen LogP contribution is -2.26. The maximum Gasteiger partial charge on any atom is 0.416 e. The van der Waals surface area contributed by atoms with E-state index in [9.17, 15) is 18.0 Å². The van der Waals surface area contributed by atoms with E-state index in [1.807, 2.05) is 0 Å². The van der Waals surface area contributed by atoms with Crippen molar-refractivity contribution in [3.63, 3.8) is 0 Å². The van der Waals surface area contributed by atoms with Gasteiger partial charge in [-0.05, 0) is 24.3 Å². The monoisotopic (exact) mass is 400 g/mol. The van der Waals surface area contributed by atoms with Crippen LogP contribution in [0.4, 0.5) is 18.9 Å². The molecule has 0 atom stereocenters. The van der Waals surface area contributed by atoms with Gasteiger partial charge in [-0.25, -0.2) is 4.98 Å². The first-order valence-electron chi connectivity index (χ1n) is 8.21. The summed E-state index contributed by atoms with van der Waals surface area (Å²) >= 11 is 6.13. The number of anilines is 1. The molecule has 2 aromatic rings. The van der Waals surface area contributed by atoms with Gasteiger partial charge in [-0.15, -0.1) is 0 Å². The average molecular weight is 401 g/mol. The van der Waals surface area contributed by atoms with Gasteiger partial charge in [0.15, 0.2) is 0 Å². The molecule has 9 heteroatoms. The maximum absolute atomic E-state index is 12.8. The van der Waals surface area contributed by atoms with Crippen LogP contribution in [0, 0.1) is 0 Å². The number of halogens is 4. The maximum atomic E-state index is 12.8. The summed E-state index contributed by atoms with van der Waals surface area (Å²) in [6.07, 6.45) is -1.85. The second kappa shape index (κ2) is 8.14. The van der Waals surface area contributed by atoms with E-state index in [-0.39, 0.29) is 28.3 Å². The van der Waals surface area contributed by atoms with E-state index in [4.69, 9.17) is 21.1 Å². The summed E-state index contributed by atoms with van der Waals surface area (Å²) in [6, 6.07) is 5.73. The van der Waals surface area contributed by atoms with E-state index < -0.39 is 17.6 Å². The summed E-state index contributed by atoms with van der Waals surface area (Å²) in [5, 5.41) is 2.55. The summed E-state index contributed by atoms with van der Waals surface area (Å²) in [5.41, 5.74) is -0.720. The zero-order chi connectivity index (χ0) is 19.4. The minimum atomic E-state index is -4.49. The minimum absolute atomic E-state index is 0.0217. The second-order valence-electron chi connectivity index (χ2n) is 5.97. The average Bonchev–Trinajstić information content (AvgIpc) is 2.64. The topological polar surface area (TPSA) is 60.5 Å². The normalized spacial score (nSPS) is 15.4. The van der Waals surface area contributed by atoms with E-state index in [1.165, 1.54) is 24.4 Å². The molecule has 2 heterocycles.